The van der Waals surface area contributed by atoms with Crippen LogP contribution in [0, 0.1) is 18.3 Å². The average molecular weight is 332 g/mol. The number of rotatable bonds is 4. The zero-order valence-electron chi connectivity index (χ0n) is 11.9. The van der Waals surface area contributed by atoms with Crippen molar-refractivity contribution < 1.29 is 23.4 Å². The van der Waals surface area contributed by atoms with Crippen molar-refractivity contribution in [2.24, 2.45) is 0 Å². The first kappa shape index (κ1) is 16.3. The Morgan fingerprint density at radius 1 is 1.26 bits per heavy atom. The highest BCUT2D eigenvalue weighted by Gasteiger charge is 2.21. The third kappa shape index (κ3) is 3.25. The van der Waals surface area contributed by atoms with Crippen molar-refractivity contribution in [3.05, 3.63) is 53.1 Å². The van der Waals surface area contributed by atoms with Gasteiger partial charge in [-0.25, -0.2) is 13.2 Å². The molecule has 2 rings (SSSR count). The number of hydrogen-bond donors (Lipinski definition) is 3. The molecule has 0 spiro atoms. The predicted molar refractivity (Wildman–Crippen MR) is 81.8 cm³/mol. The second kappa shape index (κ2) is 5.98. The fourth-order valence-electron chi connectivity index (χ4n) is 1.96. The number of hydrogen-bond acceptors (Lipinski definition) is 5. The number of nitrogens with zero attached hydrogens (tertiary/aromatic N) is 1. The second-order valence-corrected chi connectivity index (χ2v) is 6.35. The van der Waals surface area contributed by atoms with Gasteiger partial charge in [-0.3, -0.25) is 4.72 Å². The van der Waals surface area contributed by atoms with Crippen LogP contribution in [0.25, 0.3) is 0 Å². The average Bonchev–Trinajstić information content (AvgIpc) is 2.48. The number of aryl methyl sites for hydroxylation is 1. The van der Waals surface area contributed by atoms with Gasteiger partial charge in [0.15, 0.2) is 0 Å². The number of carboxylic acids is 1. The molecule has 0 aliphatic rings. The second-order valence-electron chi connectivity index (χ2n) is 4.70. The van der Waals surface area contributed by atoms with Gasteiger partial charge in [0, 0.05) is 0 Å². The zero-order valence-corrected chi connectivity index (χ0v) is 12.8. The van der Waals surface area contributed by atoms with E-state index in [2.05, 4.69) is 4.72 Å². The van der Waals surface area contributed by atoms with Gasteiger partial charge in [0.1, 0.15) is 16.7 Å². The molecular weight excluding hydrogens is 320 g/mol. The normalized spacial score (nSPS) is 10.8. The van der Waals surface area contributed by atoms with E-state index in [9.17, 15) is 18.3 Å². The first-order chi connectivity index (χ1) is 10.8. The molecule has 0 saturated heterocycles. The monoisotopic (exact) mass is 332 g/mol. The number of phenols is 1. The lowest BCUT2D eigenvalue weighted by atomic mass is 10.1. The molecule has 8 heteroatoms. The number of nitrogens with one attached hydrogen (secondary N) is 1. The lowest BCUT2D eigenvalue weighted by molar-refractivity contribution is 0.0696. The van der Waals surface area contributed by atoms with E-state index in [4.69, 9.17) is 10.4 Å². The first-order valence-corrected chi connectivity index (χ1v) is 7.83. The van der Waals surface area contributed by atoms with E-state index in [-0.39, 0.29) is 21.7 Å². The summed E-state index contributed by atoms with van der Waals surface area (Å²) in [5, 5.41) is 27.7. The molecule has 0 fully saturated rings. The van der Waals surface area contributed by atoms with E-state index in [0.29, 0.717) is 5.56 Å². The third-order valence-corrected chi connectivity index (χ3v) is 4.53. The van der Waals surface area contributed by atoms with Gasteiger partial charge in [0.25, 0.3) is 10.0 Å². The number of anilines is 1. The highest BCUT2D eigenvalue weighted by atomic mass is 32.2. The predicted octanol–water partition coefficient (Wildman–Crippen LogP) is 2.07. The molecule has 0 unspecified atom stereocenters. The van der Waals surface area contributed by atoms with E-state index < -0.39 is 21.7 Å². The number of benzene rings is 2. The molecule has 0 aliphatic heterocycles. The van der Waals surface area contributed by atoms with Crippen LogP contribution in [0.3, 0.4) is 0 Å². The van der Waals surface area contributed by atoms with Crippen LogP contribution in [0.5, 0.6) is 5.75 Å². The Hall–Kier alpha value is -3.05. The van der Waals surface area contributed by atoms with Crippen LogP contribution in [0.15, 0.2) is 41.3 Å². The number of carbonyl (C=O) groups is 1. The standard InChI is InChI=1S/C15H12N2O5S/c1-9-3-2-4-14(11(9)8-16)23(21,22)17-12-6-5-10(15(19)20)7-13(12)18/h2-7,17-18H,1H3,(H,19,20). The fourth-order valence-corrected chi connectivity index (χ4v) is 3.26. The van der Waals surface area contributed by atoms with Crippen LogP contribution in [0.1, 0.15) is 21.5 Å². The van der Waals surface area contributed by atoms with Gasteiger partial charge < -0.3 is 10.2 Å². The van der Waals surface area contributed by atoms with E-state index >= 15 is 0 Å². The minimum absolute atomic E-state index is 0.00152. The maximum absolute atomic E-state index is 12.4. The number of sulfonamides is 1. The molecule has 0 aromatic heterocycles. The number of phenolic OH excluding ortho intramolecular Hbond substituents is 1. The first-order valence-electron chi connectivity index (χ1n) is 6.35. The van der Waals surface area contributed by atoms with Gasteiger partial charge >= 0.3 is 5.97 Å². The lowest BCUT2D eigenvalue weighted by Crippen LogP contribution is -2.15. The van der Waals surface area contributed by atoms with Crippen molar-refractivity contribution in [3.63, 3.8) is 0 Å². The van der Waals surface area contributed by atoms with Crippen molar-refractivity contribution in [2.45, 2.75) is 11.8 Å². The van der Waals surface area contributed by atoms with E-state index in [1.165, 1.54) is 12.1 Å². The molecule has 0 atom stereocenters. The summed E-state index contributed by atoms with van der Waals surface area (Å²) < 4.78 is 27.0. The molecule has 3 N–H and O–H groups in total. The molecule has 2 aromatic carbocycles. The van der Waals surface area contributed by atoms with Crippen molar-refractivity contribution >= 4 is 21.7 Å². The van der Waals surface area contributed by atoms with Crippen LogP contribution in [-0.4, -0.2) is 24.6 Å². The summed E-state index contributed by atoms with van der Waals surface area (Å²) in [5.41, 5.74) is 0.140. The Morgan fingerprint density at radius 2 is 1.96 bits per heavy atom. The van der Waals surface area contributed by atoms with Crippen LogP contribution in [0.4, 0.5) is 5.69 Å². The Bertz CT molecular complexity index is 929. The zero-order chi connectivity index (χ0) is 17.2. The topological polar surface area (TPSA) is 127 Å². The number of aromatic carboxylic acids is 1. The van der Waals surface area contributed by atoms with Crippen LogP contribution < -0.4 is 4.72 Å². The van der Waals surface area contributed by atoms with Gasteiger partial charge in [0.2, 0.25) is 0 Å². The molecule has 118 valence electrons. The fraction of sp³-hybridized carbons (Fsp3) is 0.0667. The summed E-state index contributed by atoms with van der Waals surface area (Å²) in [6, 6.07) is 9.44. The quantitative estimate of drug-likeness (QED) is 0.735. The molecule has 0 radical (unpaired) electrons. The van der Waals surface area contributed by atoms with E-state index in [0.717, 1.165) is 18.2 Å². The van der Waals surface area contributed by atoms with Gasteiger partial charge in [0.05, 0.1) is 16.8 Å². The Morgan fingerprint density at radius 3 is 2.52 bits per heavy atom. The lowest BCUT2D eigenvalue weighted by Gasteiger charge is -2.12. The molecule has 7 nitrogen and oxygen atoms in total. The van der Waals surface area contributed by atoms with Crippen LogP contribution in [0.2, 0.25) is 0 Å². The van der Waals surface area contributed by atoms with Crippen molar-refractivity contribution in [1.82, 2.24) is 0 Å². The molecule has 2 aromatic rings. The van der Waals surface area contributed by atoms with Crippen LogP contribution in [-0.2, 0) is 10.0 Å². The summed E-state index contributed by atoms with van der Waals surface area (Å²) in [4.78, 5) is 10.6. The minimum Gasteiger partial charge on any atom is -0.506 e. The maximum Gasteiger partial charge on any atom is 0.335 e. The number of carboxylic acid groups (broad SMARTS) is 1. The van der Waals surface area contributed by atoms with Gasteiger partial charge in [-0.15, -0.1) is 0 Å². The number of aromatic hydroxyl groups is 1. The minimum atomic E-state index is -4.11. The van der Waals surface area contributed by atoms with E-state index in [1.807, 2.05) is 6.07 Å². The number of nitriles is 1. The molecule has 23 heavy (non-hydrogen) atoms. The van der Waals surface area contributed by atoms with Gasteiger partial charge in [-0.2, -0.15) is 5.26 Å². The van der Waals surface area contributed by atoms with Crippen LogP contribution >= 0.6 is 0 Å². The summed E-state index contributed by atoms with van der Waals surface area (Å²) in [6.07, 6.45) is 0. The molecule has 0 amide bonds. The highest BCUT2D eigenvalue weighted by Crippen LogP contribution is 2.28. The highest BCUT2D eigenvalue weighted by molar-refractivity contribution is 7.92. The van der Waals surface area contributed by atoms with Gasteiger partial charge in [-0.05, 0) is 36.8 Å². The van der Waals surface area contributed by atoms with Crippen molar-refractivity contribution in [1.29, 1.82) is 5.26 Å². The summed E-state index contributed by atoms with van der Waals surface area (Å²) in [7, 11) is -4.11. The molecule has 0 bridgehead atoms. The third-order valence-electron chi connectivity index (χ3n) is 3.12. The molecule has 0 aliphatic carbocycles. The Balaban J connectivity index is 2.46. The van der Waals surface area contributed by atoms with Gasteiger partial charge in [-0.1, -0.05) is 12.1 Å². The Labute approximate surface area is 132 Å². The molecular formula is C15H12N2O5S. The van der Waals surface area contributed by atoms with E-state index in [1.54, 1.807) is 13.0 Å². The molecule has 0 heterocycles. The summed E-state index contributed by atoms with van der Waals surface area (Å²) >= 11 is 0. The Kier molecular flexibility index (Phi) is 4.24. The molecule has 0 saturated carbocycles. The smallest absolute Gasteiger partial charge is 0.335 e. The maximum atomic E-state index is 12.4. The van der Waals surface area contributed by atoms with Crippen molar-refractivity contribution in [2.75, 3.05) is 4.72 Å². The SMILES string of the molecule is Cc1cccc(S(=O)(=O)Nc2ccc(C(=O)O)cc2O)c1C#N. The largest absolute Gasteiger partial charge is 0.506 e. The summed E-state index contributed by atoms with van der Waals surface area (Å²) in [6.45, 7) is 1.61. The summed E-state index contributed by atoms with van der Waals surface area (Å²) in [5.74, 6) is -1.78. The van der Waals surface area contributed by atoms with Crippen molar-refractivity contribution in [3.8, 4) is 11.8 Å².